The maximum absolute atomic E-state index is 12.5. The first-order valence-electron chi connectivity index (χ1n) is 7.38. The zero-order chi connectivity index (χ0) is 14.5. The first kappa shape index (κ1) is 14.9. The smallest absolute Gasteiger partial charge is 0.227 e. The molecule has 0 fully saturated rings. The molecule has 0 radical (unpaired) electrons. The first-order valence-corrected chi connectivity index (χ1v) is 7.38. The molecule has 1 aliphatic heterocycles. The summed E-state index contributed by atoms with van der Waals surface area (Å²) in [5, 5.41) is 3.09. The van der Waals surface area contributed by atoms with Gasteiger partial charge in [-0.1, -0.05) is 19.1 Å². The third-order valence-corrected chi connectivity index (χ3v) is 3.78. The van der Waals surface area contributed by atoms with E-state index in [1.807, 2.05) is 24.1 Å². The minimum atomic E-state index is 0.231. The number of para-hydroxylation sites is 2. The Balaban J connectivity index is 2.22. The van der Waals surface area contributed by atoms with E-state index in [1.54, 1.807) is 0 Å². The van der Waals surface area contributed by atoms with Gasteiger partial charge in [-0.25, -0.2) is 0 Å². The number of hydrogen-bond donors (Lipinski definition) is 1. The van der Waals surface area contributed by atoms with Crippen LogP contribution in [0.15, 0.2) is 24.3 Å². The molecule has 2 rings (SSSR count). The molecule has 0 bridgehead atoms. The summed E-state index contributed by atoms with van der Waals surface area (Å²) in [5.41, 5.74) is 2.20. The van der Waals surface area contributed by atoms with Crippen LogP contribution >= 0.6 is 0 Å². The lowest BCUT2D eigenvalue weighted by Gasteiger charge is -2.24. The van der Waals surface area contributed by atoms with Gasteiger partial charge in [0.15, 0.2) is 0 Å². The molecule has 4 nitrogen and oxygen atoms in total. The molecule has 1 aliphatic rings. The number of benzene rings is 1. The largest absolute Gasteiger partial charge is 0.373 e. The third-order valence-electron chi connectivity index (χ3n) is 3.78. The molecule has 1 atom stereocenters. The van der Waals surface area contributed by atoms with E-state index in [0.717, 1.165) is 37.4 Å². The van der Waals surface area contributed by atoms with Crippen LogP contribution in [0, 0.1) is 5.92 Å². The molecule has 0 unspecified atom stereocenters. The minimum Gasteiger partial charge on any atom is -0.373 e. The fourth-order valence-electron chi connectivity index (χ4n) is 2.84. The molecule has 110 valence electrons. The van der Waals surface area contributed by atoms with Crippen LogP contribution in [0.25, 0.3) is 0 Å². The lowest BCUT2D eigenvalue weighted by atomic mass is 10.1. The van der Waals surface area contributed by atoms with Crippen LogP contribution in [0.1, 0.15) is 19.8 Å². The van der Waals surface area contributed by atoms with E-state index in [0.29, 0.717) is 12.3 Å². The summed E-state index contributed by atoms with van der Waals surface area (Å²) >= 11 is 0. The Morgan fingerprint density at radius 1 is 1.30 bits per heavy atom. The zero-order valence-electron chi connectivity index (χ0n) is 12.7. The van der Waals surface area contributed by atoms with E-state index in [1.165, 1.54) is 0 Å². The number of rotatable bonds is 4. The summed E-state index contributed by atoms with van der Waals surface area (Å²) in [6.07, 6.45) is 1.49. The van der Waals surface area contributed by atoms with Crippen molar-refractivity contribution >= 4 is 17.3 Å². The van der Waals surface area contributed by atoms with Gasteiger partial charge >= 0.3 is 0 Å². The summed E-state index contributed by atoms with van der Waals surface area (Å²) in [4.78, 5) is 16.7. The molecule has 0 saturated carbocycles. The number of carbonyl (C=O) groups is 1. The average Bonchev–Trinajstić information content (AvgIpc) is 2.56. The van der Waals surface area contributed by atoms with E-state index >= 15 is 0 Å². The van der Waals surface area contributed by atoms with Gasteiger partial charge in [0.05, 0.1) is 11.4 Å². The number of hydrogen-bond acceptors (Lipinski definition) is 3. The molecule has 0 aromatic heterocycles. The monoisotopic (exact) mass is 275 g/mol. The second kappa shape index (κ2) is 6.75. The Bertz CT molecular complexity index is 461. The Hall–Kier alpha value is -1.55. The number of carbonyl (C=O) groups excluding carboxylic acids is 1. The van der Waals surface area contributed by atoms with Gasteiger partial charge in [-0.3, -0.25) is 4.79 Å². The highest BCUT2D eigenvalue weighted by atomic mass is 16.2. The summed E-state index contributed by atoms with van der Waals surface area (Å²) in [6, 6.07) is 8.20. The Kier molecular flexibility index (Phi) is 5.01. The average molecular weight is 275 g/mol. The molecule has 0 saturated heterocycles. The van der Waals surface area contributed by atoms with Crippen molar-refractivity contribution in [3.05, 3.63) is 24.3 Å². The van der Waals surface area contributed by atoms with Crippen LogP contribution in [0.2, 0.25) is 0 Å². The summed E-state index contributed by atoms with van der Waals surface area (Å²) in [7, 11) is 4.02. The van der Waals surface area contributed by atoms with Crippen molar-refractivity contribution in [1.82, 2.24) is 5.32 Å². The highest BCUT2D eigenvalue weighted by Gasteiger charge is 2.25. The second-order valence-electron chi connectivity index (χ2n) is 5.69. The number of nitrogens with one attached hydrogen (secondary N) is 1. The van der Waals surface area contributed by atoms with Crippen LogP contribution < -0.4 is 15.1 Å². The van der Waals surface area contributed by atoms with E-state index in [2.05, 4.69) is 36.3 Å². The topological polar surface area (TPSA) is 35.6 Å². The van der Waals surface area contributed by atoms with Crippen LogP contribution in [0.5, 0.6) is 0 Å². The van der Waals surface area contributed by atoms with E-state index in [4.69, 9.17) is 0 Å². The zero-order valence-corrected chi connectivity index (χ0v) is 12.7. The predicted molar refractivity (Wildman–Crippen MR) is 84.4 cm³/mol. The highest BCUT2D eigenvalue weighted by Crippen LogP contribution is 2.32. The number of nitrogens with zero attached hydrogens (tertiary/aromatic N) is 2. The second-order valence-corrected chi connectivity index (χ2v) is 5.69. The predicted octanol–water partition coefficient (Wildman–Crippen LogP) is 2.11. The lowest BCUT2D eigenvalue weighted by molar-refractivity contribution is -0.118. The van der Waals surface area contributed by atoms with Crippen LogP contribution in [0.4, 0.5) is 11.4 Å². The van der Waals surface area contributed by atoms with E-state index < -0.39 is 0 Å². The first-order chi connectivity index (χ1) is 9.63. The molecule has 0 spiro atoms. The van der Waals surface area contributed by atoms with Crippen LogP contribution in [-0.2, 0) is 4.79 Å². The molecule has 20 heavy (non-hydrogen) atoms. The van der Waals surface area contributed by atoms with Crippen molar-refractivity contribution in [2.24, 2.45) is 5.92 Å². The number of amides is 1. The Morgan fingerprint density at radius 3 is 2.70 bits per heavy atom. The minimum absolute atomic E-state index is 0.231. The molecule has 1 amide bonds. The number of anilines is 2. The van der Waals surface area contributed by atoms with Gasteiger partial charge in [-0.15, -0.1) is 0 Å². The molecule has 1 heterocycles. The van der Waals surface area contributed by atoms with Gasteiger partial charge in [0.25, 0.3) is 0 Å². The third kappa shape index (κ3) is 3.31. The van der Waals surface area contributed by atoms with E-state index in [9.17, 15) is 4.79 Å². The molecule has 4 heteroatoms. The summed E-state index contributed by atoms with van der Waals surface area (Å²) in [6.45, 7) is 4.88. The standard InChI is InChI=1S/C16H25N3O/c1-13-11-18(3)14-7-4-5-8-15(14)19(12-13)16(20)9-6-10-17-2/h4-5,7-8,13,17H,6,9-12H2,1-3H3/t13-/m1/s1. The van der Waals surface area contributed by atoms with Crippen molar-refractivity contribution in [2.45, 2.75) is 19.8 Å². The SMILES string of the molecule is CNCCCC(=O)N1C[C@H](C)CN(C)c2ccccc21. The fraction of sp³-hybridized carbons (Fsp3) is 0.562. The van der Waals surface area contributed by atoms with Crippen molar-refractivity contribution in [3.8, 4) is 0 Å². The Labute approximate surface area is 121 Å². The molecule has 1 aromatic carbocycles. The quantitative estimate of drug-likeness (QED) is 0.855. The molecular weight excluding hydrogens is 250 g/mol. The van der Waals surface area contributed by atoms with Crippen molar-refractivity contribution < 1.29 is 4.79 Å². The van der Waals surface area contributed by atoms with Crippen LogP contribution in [-0.4, -0.2) is 39.6 Å². The molecule has 1 N–H and O–H groups in total. The maximum Gasteiger partial charge on any atom is 0.227 e. The summed E-state index contributed by atoms with van der Waals surface area (Å²) in [5.74, 6) is 0.704. The molecule has 1 aromatic rings. The molecule has 0 aliphatic carbocycles. The van der Waals surface area contributed by atoms with Crippen molar-refractivity contribution in [2.75, 3.05) is 43.5 Å². The van der Waals surface area contributed by atoms with E-state index in [-0.39, 0.29) is 5.91 Å². The number of fused-ring (bicyclic) bond motifs is 1. The normalized spacial score (nSPS) is 18.6. The van der Waals surface area contributed by atoms with Crippen molar-refractivity contribution in [1.29, 1.82) is 0 Å². The van der Waals surface area contributed by atoms with Crippen molar-refractivity contribution in [3.63, 3.8) is 0 Å². The fourth-order valence-corrected chi connectivity index (χ4v) is 2.84. The van der Waals surface area contributed by atoms with Gasteiger partial charge in [-0.05, 0) is 38.1 Å². The molecular formula is C16H25N3O. The van der Waals surface area contributed by atoms with Gasteiger partial charge in [-0.2, -0.15) is 0 Å². The van der Waals surface area contributed by atoms with Gasteiger partial charge in [0.1, 0.15) is 0 Å². The lowest BCUT2D eigenvalue weighted by Crippen LogP contribution is -2.35. The maximum atomic E-state index is 12.5. The van der Waals surface area contributed by atoms with Gasteiger partial charge in [0, 0.05) is 26.6 Å². The highest BCUT2D eigenvalue weighted by molar-refractivity contribution is 5.97. The summed E-state index contributed by atoms with van der Waals surface area (Å²) < 4.78 is 0. The van der Waals surface area contributed by atoms with Gasteiger partial charge < -0.3 is 15.1 Å². The Morgan fingerprint density at radius 2 is 2.00 bits per heavy atom. The van der Waals surface area contributed by atoms with Gasteiger partial charge in [0.2, 0.25) is 5.91 Å². The van der Waals surface area contributed by atoms with Crippen LogP contribution in [0.3, 0.4) is 0 Å².